The lowest BCUT2D eigenvalue weighted by atomic mass is 10.2. The number of anilines is 1. The minimum Gasteiger partial charge on any atom is -0.325 e. The van der Waals surface area contributed by atoms with E-state index in [1.807, 2.05) is 54.9 Å². The Hall–Kier alpha value is -2.19. The van der Waals surface area contributed by atoms with Gasteiger partial charge < -0.3 is 9.88 Å². The molecule has 0 aliphatic heterocycles. The van der Waals surface area contributed by atoms with Gasteiger partial charge in [0.1, 0.15) is 0 Å². The third-order valence-corrected chi connectivity index (χ3v) is 5.20. The van der Waals surface area contributed by atoms with Crippen molar-refractivity contribution in [2.45, 2.75) is 17.3 Å². The highest BCUT2D eigenvalue weighted by Gasteiger charge is 2.19. The van der Waals surface area contributed by atoms with Crippen molar-refractivity contribution in [3.05, 3.63) is 53.3 Å². The number of hydrogen-bond donors (Lipinski definition) is 1. The van der Waals surface area contributed by atoms with Crippen LogP contribution in [0.5, 0.6) is 0 Å². The van der Waals surface area contributed by atoms with Crippen molar-refractivity contribution in [2.24, 2.45) is 7.05 Å². The van der Waals surface area contributed by atoms with Crippen molar-refractivity contribution in [2.75, 3.05) is 5.32 Å². The normalized spacial score (nSPS) is 12.0. The molecule has 1 unspecified atom stereocenters. The molecule has 1 N–H and O–H groups in total. The fourth-order valence-electron chi connectivity index (χ4n) is 2.16. The summed E-state index contributed by atoms with van der Waals surface area (Å²) in [4.78, 5) is 16.4. The first-order chi connectivity index (χ1) is 12.0. The Balaban J connectivity index is 1.68. The summed E-state index contributed by atoms with van der Waals surface area (Å²) in [6.07, 6.45) is 3.43. The first kappa shape index (κ1) is 17.6. The molecule has 25 heavy (non-hydrogen) atoms. The van der Waals surface area contributed by atoms with Crippen LogP contribution >= 0.6 is 27.7 Å². The Kier molecular flexibility index (Phi) is 5.50. The van der Waals surface area contributed by atoms with Gasteiger partial charge in [0.15, 0.2) is 11.0 Å². The van der Waals surface area contributed by atoms with Crippen LogP contribution in [-0.2, 0) is 11.8 Å². The zero-order chi connectivity index (χ0) is 17.8. The Morgan fingerprint density at radius 3 is 2.52 bits per heavy atom. The zero-order valence-corrected chi connectivity index (χ0v) is 16.1. The fourth-order valence-corrected chi connectivity index (χ4v) is 3.24. The van der Waals surface area contributed by atoms with Crippen LogP contribution in [0.25, 0.3) is 11.4 Å². The predicted molar refractivity (Wildman–Crippen MR) is 102 cm³/mol. The molecule has 0 aliphatic rings. The van der Waals surface area contributed by atoms with E-state index in [0.717, 1.165) is 21.5 Å². The lowest BCUT2D eigenvalue weighted by molar-refractivity contribution is -0.115. The second kappa shape index (κ2) is 7.79. The van der Waals surface area contributed by atoms with Gasteiger partial charge in [0.25, 0.3) is 0 Å². The second-order valence-electron chi connectivity index (χ2n) is 5.36. The average molecular weight is 418 g/mol. The maximum absolute atomic E-state index is 12.4. The standard InChI is InChI=1S/C17H16BrN5OS/c1-11(16(24)20-14-5-3-13(18)4-6-14)25-17-22-21-15(23(17)2)12-7-9-19-10-8-12/h3-11H,1-2H3,(H,20,24). The molecule has 3 aromatic rings. The molecule has 0 saturated heterocycles. The smallest absolute Gasteiger partial charge is 0.237 e. The van der Waals surface area contributed by atoms with Crippen molar-refractivity contribution in [1.29, 1.82) is 0 Å². The Morgan fingerprint density at radius 1 is 1.16 bits per heavy atom. The van der Waals surface area contributed by atoms with Crippen LogP contribution in [0.3, 0.4) is 0 Å². The van der Waals surface area contributed by atoms with Gasteiger partial charge in [-0.1, -0.05) is 27.7 Å². The first-order valence-corrected chi connectivity index (χ1v) is 9.25. The van der Waals surface area contributed by atoms with Gasteiger partial charge in [-0.05, 0) is 43.3 Å². The van der Waals surface area contributed by atoms with Gasteiger partial charge in [-0.2, -0.15) is 0 Å². The number of rotatable bonds is 5. The van der Waals surface area contributed by atoms with Gasteiger partial charge in [-0.25, -0.2) is 0 Å². The molecule has 1 aromatic carbocycles. The number of nitrogens with zero attached hydrogens (tertiary/aromatic N) is 4. The van der Waals surface area contributed by atoms with Gasteiger partial charge in [-0.3, -0.25) is 9.78 Å². The highest BCUT2D eigenvalue weighted by molar-refractivity contribution is 9.10. The van der Waals surface area contributed by atoms with Crippen LogP contribution in [0.2, 0.25) is 0 Å². The summed E-state index contributed by atoms with van der Waals surface area (Å²) in [6.45, 7) is 1.85. The van der Waals surface area contributed by atoms with E-state index in [1.165, 1.54) is 11.8 Å². The summed E-state index contributed by atoms with van der Waals surface area (Å²) >= 11 is 4.74. The van der Waals surface area contributed by atoms with E-state index in [9.17, 15) is 4.79 Å². The molecule has 0 aliphatic carbocycles. The number of carbonyl (C=O) groups excluding carboxylic acids is 1. The number of nitrogens with one attached hydrogen (secondary N) is 1. The molecule has 6 nitrogen and oxygen atoms in total. The molecule has 3 rings (SSSR count). The van der Waals surface area contributed by atoms with E-state index in [-0.39, 0.29) is 11.2 Å². The highest BCUT2D eigenvalue weighted by Crippen LogP contribution is 2.26. The van der Waals surface area contributed by atoms with Crippen molar-refractivity contribution in [3.8, 4) is 11.4 Å². The molecule has 0 fully saturated rings. The third kappa shape index (κ3) is 4.26. The summed E-state index contributed by atoms with van der Waals surface area (Å²) in [5, 5.41) is 11.7. The quantitative estimate of drug-likeness (QED) is 0.639. The summed E-state index contributed by atoms with van der Waals surface area (Å²) in [7, 11) is 1.89. The molecule has 0 radical (unpaired) electrons. The Bertz CT molecular complexity index is 867. The topological polar surface area (TPSA) is 72.7 Å². The number of pyridine rings is 1. The van der Waals surface area contributed by atoms with Crippen LogP contribution < -0.4 is 5.32 Å². The third-order valence-electron chi connectivity index (χ3n) is 3.54. The first-order valence-electron chi connectivity index (χ1n) is 7.57. The van der Waals surface area contributed by atoms with Crippen LogP contribution in [0.1, 0.15) is 6.92 Å². The van der Waals surface area contributed by atoms with Crippen LogP contribution in [0.15, 0.2) is 58.4 Å². The van der Waals surface area contributed by atoms with Gasteiger partial charge in [-0.15, -0.1) is 10.2 Å². The molecule has 1 amide bonds. The molecule has 8 heteroatoms. The predicted octanol–water partition coefficient (Wildman–Crippen LogP) is 3.76. The van der Waals surface area contributed by atoms with Crippen molar-refractivity contribution in [1.82, 2.24) is 19.7 Å². The number of benzene rings is 1. The van der Waals surface area contributed by atoms with Crippen molar-refractivity contribution in [3.63, 3.8) is 0 Å². The molecule has 128 valence electrons. The number of carbonyl (C=O) groups is 1. The fraction of sp³-hybridized carbons (Fsp3) is 0.176. The maximum atomic E-state index is 12.4. The Labute approximate surface area is 158 Å². The van der Waals surface area contributed by atoms with E-state index < -0.39 is 0 Å². The largest absolute Gasteiger partial charge is 0.325 e. The van der Waals surface area contributed by atoms with E-state index in [0.29, 0.717) is 5.16 Å². The molecule has 0 bridgehead atoms. The number of aromatic nitrogens is 4. The summed E-state index contributed by atoms with van der Waals surface area (Å²) in [5.41, 5.74) is 1.69. The van der Waals surface area contributed by atoms with Gasteiger partial charge >= 0.3 is 0 Å². The number of halogens is 1. The van der Waals surface area contributed by atoms with E-state index >= 15 is 0 Å². The molecule has 2 aromatic heterocycles. The molecule has 1 atom stereocenters. The van der Waals surface area contributed by atoms with Crippen molar-refractivity contribution < 1.29 is 4.79 Å². The number of thioether (sulfide) groups is 1. The van der Waals surface area contributed by atoms with Crippen molar-refractivity contribution >= 4 is 39.3 Å². The van der Waals surface area contributed by atoms with Crippen LogP contribution in [-0.4, -0.2) is 30.9 Å². The summed E-state index contributed by atoms with van der Waals surface area (Å²) in [5.74, 6) is 0.659. The number of hydrogen-bond acceptors (Lipinski definition) is 5. The van der Waals surface area contributed by atoms with E-state index in [1.54, 1.807) is 12.4 Å². The molecule has 0 spiro atoms. The molecule has 2 heterocycles. The second-order valence-corrected chi connectivity index (χ2v) is 7.58. The van der Waals surface area contributed by atoms with Gasteiger partial charge in [0.2, 0.25) is 5.91 Å². The molecular formula is C17H16BrN5OS. The monoisotopic (exact) mass is 417 g/mol. The van der Waals surface area contributed by atoms with Crippen LogP contribution in [0.4, 0.5) is 5.69 Å². The Morgan fingerprint density at radius 2 is 1.84 bits per heavy atom. The SMILES string of the molecule is CC(Sc1nnc(-c2ccncc2)n1C)C(=O)Nc1ccc(Br)cc1. The lowest BCUT2D eigenvalue weighted by Gasteiger charge is -2.11. The summed E-state index contributed by atoms with van der Waals surface area (Å²) in [6, 6.07) is 11.2. The van der Waals surface area contributed by atoms with E-state index in [2.05, 4.69) is 36.4 Å². The molecular weight excluding hydrogens is 402 g/mol. The minimum absolute atomic E-state index is 0.0826. The zero-order valence-electron chi connectivity index (χ0n) is 13.7. The summed E-state index contributed by atoms with van der Waals surface area (Å²) < 4.78 is 2.85. The molecule has 0 saturated carbocycles. The average Bonchev–Trinajstić information content (AvgIpc) is 2.98. The highest BCUT2D eigenvalue weighted by atomic mass is 79.9. The van der Waals surface area contributed by atoms with Gasteiger partial charge in [0, 0.05) is 35.2 Å². The van der Waals surface area contributed by atoms with Gasteiger partial charge in [0.05, 0.1) is 5.25 Å². The van der Waals surface area contributed by atoms with E-state index in [4.69, 9.17) is 0 Å². The maximum Gasteiger partial charge on any atom is 0.237 e. The van der Waals surface area contributed by atoms with Crippen LogP contribution in [0, 0.1) is 0 Å². The lowest BCUT2D eigenvalue weighted by Crippen LogP contribution is -2.22. The number of amides is 1. The minimum atomic E-state index is -0.308.